The van der Waals surface area contributed by atoms with E-state index in [9.17, 15) is 18.5 Å². The highest BCUT2D eigenvalue weighted by atomic mass is 32.2. The summed E-state index contributed by atoms with van der Waals surface area (Å²) in [6, 6.07) is 2.14. The summed E-state index contributed by atoms with van der Waals surface area (Å²) in [5, 5.41) is 12.4. The predicted octanol–water partition coefficient (Wildman–Crippen LogP) is 1.54. The van der Waals surface area contributed by atoms with Crippen molar-refractivity contribution in [1.29, 1.82) is 5.26 Å². The highest BCUT2D eigenvalue weighted by molar-refractivity contribution is 7.91. The second kappa shape index (κ2) is 6.13. The quantitative estimate of drug-likeness (QED) is 0.783. The lowest BCUT2D eigenvalue weighted by Gasteiger charge is -2.29. The Kier molecular flexibility index (Phi) is 4.69. The molecule has 1 saturated carbocycles. The Hall–Kier alpha value is -1.09. The molecule has 1 aliphatic carbocycles. The molecular formula is C14H22N2O3S. The molecule has 1 N–H and O–H groups in total. The molecule has 0 spiro atoms. The zero-order valence-electron chi connectivity index (χ0n) is 11.7. The average molecular weight is 298 g/mol. The highest BCUT2D eigenvalue weighted by Gasteiger charge is 2.40. The van der Waals surface area contributed by atoms with Crippen LogP contribution in [0, 0.1) is 16.7 Å². The summed E-state index contributed by atoms with van der Waals surface area (Å²) in [4.78, 5) is 12.5. The third kappa shape index (κ3) is 3.51. The largest absolute Gasteiger partial charge is 0.352 e. The Morgan fingerprint density at radius 1 is 1.10 bits per heavy atom. The second-order valence-corrected chi connectivity index (χ2v) is 8.31. The van der Waals surface area contributed by atoms with Crippen LogP contribution in [-0.2, 0) is 14.6 Å². The first-order chi connectivity index (χ1) is 9.47. The van der Waals surface area contributed by atoms with Gasteiger partial charge in [0.25, 0.3) is 0 Å². The molecule has 2 rings (SSSR count). The van der Waals surface area contributed by atoms with Crippen molar-refractivity contribution in [3.05, 3.63) is 0 Å². The summed E-state index contributed by atoms with van der Waals surface area (Å²) in [7, 11) is -2.92. The number of rotatable bonds is 2. The maximum atomic E-state index is 12.5. The SMILES string of the molecule is N#CC1(C(=O)NC2CCS(=O)(=O)CC2)CCCCCC1. The summed E-state index contributed by atoms with van der Waals surface area (Å²) in [5.74, 6) is 0.0841. The van der Waals surface area contributed by atoms with E-state index in [1.165, 1.54) is 0 Å². The van der Waals surface area contributed by atoms with E-state index in [1.807, 2.05) is 0 Å². The lowest BCUT2D eigenvalue weighted by molar-refractivity contribution is -0.129. The summed E-state index contributed by atoms with van der Waals surface area (Å²) in [5.41, 5.74) is -0.896. The van der Waals surface area contributed by atoms with Gasteiger partial charge in [-0.05, 0) is 25.7 Å². The molecule has 0 atom stereocenters. The average Bonchev–Trinajstić information content (AvgIpc) is 2.67. The molecule has 6 heteroatoms. The molecule has 1 aliphatic heterocycles. The van der Waals surface area contributed by atoms with Gasteiger partial charge in [0, 0.05) is 6.04 Å². The van der Waals surface area contributed by atoms with E-state index in [0.29, 0.717) is 25.7 Å². The molecule has 5 nitrogen and oxygen atoms in total. The van der Waals surface area contributed by atoms with E-state index in [2.05, 4.69) is 11.4 Å². The monoisotopic (exact) mass is 298 g/mol. The van der Waals surface area contributed by atoms with Gasteiger partial charge in [-0.1, -0.05) is 25.7 Å². The third-order valence-corrected chi connectivity index (χ3v) is 6.21. The molecular weight excluding hydrogens is 276 g/mol. The first-order valence-electron chi connectivity index (χ1n) is 7.40. The van der Waals surface area contributed by atoms with E-state index >= 15 is 0 Å². The van der Waals surface area contributed by atoms with Gasteiger partial charge in [-0.15, -0.1) is 0 Å². The maximum absolute atomic E-state index is 12.5. The van der Waals surface area contributed by atoms with Gasteiger partial charge in [0.15, 0.2) is 0 Å². The maximum Gasteiger partial charge on any atom is 0.240 e. The van der Waals surface area contributed by atoms with Crippen LogP contribution in [0.3, 0.4) is 0 Å². The number of hydrogen-bond acceptors (Lipinski definition) is 4. The molecule has 20 heavy (non-hydrogen) atoms. The lowest BCUT2D eigenvalue weighted by Crippen LogP contribution is -2.47. The fourth-order valence-corrected chi connectivity index (χ4v) is 4.57. The van der Waals surface area contributed by atoms with Crippen molar-refractivity contribution in [1.82, 2.24) is 5.32 Å². The number of nitrogens with zero attached hydrogens (tertiary/aromatic N) is 1. The Labute approximate surface area is 120 Å². The molecule has 1 heterocycles. The van der Waals surface area contributed by atoms with Crippen molar-refractivity contribution in [3.8, 4) is 6.07 Å². The van der Waals surface area contributed by atoms with Crippen LogP contribution in [0.5, 0.6) is 0 Å². The predicted molar refractivity (Wildman–Crippen MR) is 75.6 cm³/mol. The van der Waals surface area contributed by atoms with Crippen molar-refractivity contribution in [3.63, 3.8) is 0 Å². The zero-order chi connectivity index (χ0) is 14.6. The number of nitriles is 1. The van der Waals surface area contributed by atoms with Crippen molar-refractivity contribution >= 4 is 15.7 Å². The van der Waals surface area contributed by atoms with Gasteiger partial charge in [-0.25, -0.2) is 8.42 Å². The van der Waals surface area contributed by atoms with Crippen LogP contribution in [0.1, 0.15) is 51.4 Å². The zero-order valence-corrected chi connectivity index (χ0v) is 12.5. The van der Waals surface area contributed by atoms with E-state index in [-0.39, 0.29) is 23.5 Å². The third-order valence-electron chi connectivity index (χ3n) is 4.50. The molecule has 0 aromatic carbocycles. The van der Waals surface area contributed by atoms with Crippen LogP contribution in [0.25, 0.3) is 0 Å². The Morgan fingerprint density at radius 3 is 2.15 bits per heavy atom. The number of hydrogen-bond donors (Lipinski definition) is 1. The van der Waals surface area contributed by atoms with E-state index in [1.54, 1.807) is 0 Å². The molecule has 2 fully saturated rings. The molecule has 0 aromatic rings. The van der Waals surface area contributed by atoms with Gasteiger partial charge in [0.05, 0.1) is 17.6 Å². The van der Waals surface area contributed by atoms with Gasteiger partial charge in [0.1, 0.15) is 15.3 Å². The molecule has 1 amide bonds. The topological polar surface area (TPSA) is 87.0 Å². The Morgan fingerprint density at radius 2 is 1.65 bits per heavy atom. The van der Waals surface area contributed by atoms with Gasteiger partial charge in [0.2, 0.25) is 5.91 Å². The number of nitrogens with one attached hydrogen (secondary N) is 1. The minimum atomic E-state index is -2.92. The van der Waals surface area contributed by atoms with E-state index in [4.69, 9.17) is 0 Å². The number of carbonyl (C=O) groups excluding carboxylic acids is 1. The molecule has 1 saturated heterocycles. The molecule has 0 radical (unpaired) electrons. The van der Waals surface area contributed by atoms with Gasteiger partial charge in [-0.2, -0.15) is 5.26 Å². The molecule has 2 aliphatic rings. The van der Waals surface area contributed by atoms with Crippen LogP contribution in [0.2, 0.25) is 0 Å². The van der Waals surface area contributed by atoms with Crippen LogP contribution >= 0.6 is 0 Å². The molecule has 0 aromatic heterocycles. The van der Waals surface area contributed by atoms with Crippen LogP contribution < -0.4 is 5.32 Å². The van der Waals surface area contributed by atoms with Crippen molar-refractivity contribution < 1.29 is 13.2 Å². The summed E-state index contributed by atoms with van der Waals surface area (Å²) < 4.78 is 22.8. The van der Waals surface area contributed by atoms with Crippen LogP contribution in [0.4, 0.5) is 0 Å². The van der Waals surface area contributed by atoms with Gasteiger partial charge < -0.3 is 5.32 Å². The van der Waals surface area contributed by atoms with Crippen LogP contribution in [0.15, 0.2) is 0 Å². The minimum Gasteiger partial charge on any atom is -0.352 e. The van der Waals surface area contributed by atoms with E-state index < -0.39 is 15.3 Å². The molecule has 0 bridgehead atoms. The van der Waals surface area contributed by atoms with Gasteiger partial charge in [-0.3, -0.25) is 4.79 Å². The smallest absolute Gasteiger partial charge is 0.240 e. The number of amides is 1. The summed E-state index contributed by atoms with van der Waals surface area (Å²) >= 11 is 0. The van der Waals surface area contributed by atoms with E-state index in [0.717, 1.165) is 25.7 Å². The Bertz CT molecular complexity index is 485. The molecule has 112 valence electrons. The normalized spacial score (nSPS) is 26.1. The first-order valence-corrected chi connectivity index (χ1v) is 9.22. The first kappa shape index (κ1) is 15.3. The summed E-state index contributed by atoms with van der Waals surface area (Å²) in [6.07, 6.45) is 6.18. The second-order valence-electron chi connectivity index (χ2n) is 6.01. The van der Waals surface area contributed by atoms with Crippen molar-refractivity contribution in [2.45, 2.75) is 57.4 Å². The molecule has 0 unspecified atom stereocenters. The minimum absolute atomic E-state index is 0.0977. The summed E-state index contributed by atoms with van der Waals surface area (Å²) in [6.45, 7) is 0. The fourth-order valence-electron chi connectivity index (χ4n) is 3.08. The lowest BCUT2D eigenvalue weighted by atomic mass is 9.80. The number of sulfone groups is 1. The Balaban J connectivity index is 1.98. The number of carbonyl (C=O) groups is 1. The van der Waals surface area contributed by atoms with Gasteiger partial charge >= 0.3 is 0 Å². The standard InChI is InChI=1S/C14H22N2O3S/c15-11-14(7-3-1-2-4-8-14)13(17)16-12-5-9-20(18,19)10-6-12/h12H,1-10H2,(H,16,17). The fraction of sp³-hybridized carbons (Fsp3) is 0.857. The van der Waals surface area contributed by atoms with Crippen molar-refractivity contribution in [2.24, 2.45) is 5.41 Å². The highest BCUT2D eigenvalue weighted by Crippen LogP contribution is 2.35. The van der Waals surface area contributed by atoms with Crippen LogP contribution in [-0.4, -0.2) is 31.9 Å². The van der Waals surface area contributed by atoms with Crippen molar-refractivity contribution in [2.75, 3.05) is 11.5 Å².